The van der Waals surface area contributed by atoms with Crippen LogP contribution < -0.4 is 5.32 Å². The van der Waals surface area contributed by atoms with E-state index in [0.29, 0.717) is 15.9 Å². The monoisotopic (exact) mass is 489 g/mol. The standard InChI is InChI=1S/C18H12F4IN3O/c1-10-8-11(23)6-7-14(10)25-17(27)12-9-24-26(16(12)18(20,21)22)15-5-3-2-4-13(15)19/h2-9H,1H3,(H,25,27). The minimum atomic E-state index is -4.91. The topological polar surface area (TPSA) is 46.9 Å². The zero-order valence-corrected chi connectivity index (χ0v) is 16.0. The first kappa shape index (κ1) is 19.3. The lowest BCUT2D eigenvalue weighted by molar-refractivity contribution is -0.143. The van der Waals surface area contributed by atoms with Crippen molar-refractivity contribution in [2.24, 2.45) is 0 Å². The van der Waals surface area contributed by atoms with E-state index in [4.69, 9.17) is 0 Å². The van der Waals surface area contributed by atoms with Gasteiger partial charge in [0.15, 0.2) is 5.69 Å². The van der Waals surface area contributed by atoms with Crippen LogP contribution in [0.1, 0.15) is 21.6 Å². The second-order valence-electron chi connectivity index (χ2n) is 5.68. The normalized spacial score (nSPS) is 11.5. The van der Waals surface area contributed by atoms with Crippen LogP contribution in [-0.4, -0.2) is 15.7 Å². The maximum atomic E-state index is 14.0. The Hall–Kier alpha value is -2.43. The third-order valence-corrected chi connectivity index (χ3v) is 4.47. The Kier molecular flexibility index (Phi) is 5.22. The third-order valence-electron chi connectivity index (χ3n) is 3.80. The number of aromatic nitrogens is 2. The molecule has 1 aromatic heterocycles. The van der Waals surface area contributed by atoms with Crippen molar-refractivity contribution in [3.63, 3.8) is 0 Å². The van der Waals surface area contributed by atoms with Crippen molar-refractivity contribution in [2.45, 2.75) is 13.1 Å². The van der Waals surface area contributed by atoms with Crippen molar-refractivity contribution in [2.75, 3.05) is 5.32 Å². The van der Waals surface area contributed by atoms with Gasteiger partial charge in [-0.2, -0.15) is 18.3 Å². The van der Waals surface area contributed by atoms with E-state index in [9.17, 15) is 22.4 Å². The number of hydrogen-bond acceptors (Lipinski definition) is 2. The Morgan fingerprint density at radius 1 is 1.19 bits per heavy atom. The van der Waals surface area contributed by atoms with Crippen LogP contribution >= 0.6 is 22.6 Å². The van der Waals surface area contributed by atoms with Crippen molar-refractivity contribution in [1.82, 2.24) is 9.78 Å². The van der Waals surface area contributed by atoms with Gasteiger partial charge >= 0.3 is 6.18 Å². The number of alkyl halides is 3. The molecule has 4 nitrogen and oxygen atoms in total. The Balaban J connectivity index is 2.06. The highest BCUT2D eigenvalue weighted by Crippen LogP contribution is 2.34. The van der Waals surface area contributed by atoms with Crippen LogP contribution in [0.15, 0.2) is 48.7 Å². The fourth-order valence-corrected chi connectivity index (χ4v) is 3.20. The zero-order chi connectivity index (χ0) is 19.8. The number of halogens is 5. The van der Waals surface area contributed by atoms with Crippen LogP contribution in [0.5, 0.6) is 0 Å². The summed E-state index contributed by atoms with van der Waals surface area (Å²) in [5.74, 6) is -1.86. The van der Waals surface area contributed by atoms with Gasteiger partial charge in [0.1, 0.15) is 11.5 Å². The molecule has 27 heavy (non-hydrogen) atoms. The lowest BCUT2D eigenvalue weighted by Gasteiger charge is -2.14. The molecule has 3 rings (SSSR count). The van der Waals surface area contributed by atoms with Crippen LogP contribution in [0.2, 0.25) is 0 Å². The van der Waals surface area contributed by atoms with Gasteiger partial charge in [-0.15, -0.1) is 0 Å². The van der Waals surface area contributed by atoms with Crippen molar-refractivity contribution in [3.05, 3.63) is 74.9 Å². The lowest BCUT2D eigenvalue weighted by Crippen LogP contribution is -2.21. The number of para-hydroxylation sites is 1. The average Bonchev–Trinajstić information content (AvgIpc) is 3.03. The molecule has 0 aliphatic carbocycles. The van der Waals surface area contributed by atoms with Gasteiger partial charge in [-0.25, -0.2) is 9.07 Å². The van der Waals surface area contributed by atoms with Crippen LogP contribution in [0.3, 0.4) is 0 Å². The number of benzene rings is 2. The number of anilines is 1. The number of amides is 1. The number of nitrogens with zero attached hydrogens (tertiary/aromatic N) is 2. The van der Waals surface area contributed by atoms with Gasteiger partial charge in [-0.1, -0.05) is 12.1 Å². The van der Waals surface area contributed by atoms with Gasteiger partial charge in [0.2, 0.25) is 0 Å². The summed E-state index contributed by atoms with van der Waals surface area (Å²) in [6.45, 7) is 1.73. The van der Waals surface area contributed by atoms with Crippen LogP contribution in [-0.2, 0) is 6.18 Å². The predicted molar refractivity (Wildman–Crippen MR) is 100 cm³/mol. The minimum absolute atomic E-state index is 0.382. The van der Waals surface area contributed by atoms with Gasteiger partial charge < -0.3 is 5.32 Å². The SMILES string of the molecule is Cc1cc(I)ccc1NC(=O)c1cnn(-c2ccccc2F)c1C(F)(F)F. The van der Waals surface area contributed by atoms with E-state index in [1.54, 1.807) is 25.1 Å². The number of hydrogen-bond donors (Lipinski definition) is 1. The summed E-state index contributed by atoms with van der Waals surface area (Å²) in [4.78, 5) is 12.5. The first-order valence-corrected chi connectivity index (χ1v) is 8.74. The maximum Gasteiger partial charge on any atom is 0.434 e. The van der Waals surface area contributed by atoms with Gasteiger partial charge in [-0.05, 0) is 65.4 Å². The highest BCUT2D eigenvalue weighted by atomic mass is 127. The molecule has 0 unspecified atom stereocenters. The van der Waals surface area contributed by atoms with E-state index >= 15 is 0 Å². The van der Waals surface area contributed by atoms with E-state index < -0.39 is 34.8 Å². The number of rotatable bonds is 3. The van der Waals surface area contributed by atoms with Crippen molar-refractivity contribution in [3.8, 4) is 5.69 Å². The molecule has 1 heterocycles. The smallest absolute Gasteiger partial charge is 0.322 e. The van der Waals surface area contributed by atoms with E-state index in [1.165, 1.54) is 12.1 Å². The largest absolute Gasteiger partial charge is 0.434 e. The average molecular weight is 489 g/mol. The summed E-state index contributed by atoms with van der Waals surface area (Å²) in [6.07, 6.45) is -4.13. The Bertz CT molecular complexity index is 1010. The van der Waals surface area contributed by atoms with E-state index in [-0.39, 0.29) is 0 Å². The highest BCUT2D eigenvalue weighted by Gasteiger charge is 2.41. The van der Waals surface area contributed by atoms with Crippen LogP contribution in [0.4, 0.5) is 23.2 Å². The Morgan fingerprint density at radius 3 is 2.52 bits per heavy atom. The molecule has 0 saturated heterocycles. The molecule has 0 bridgehead atoms. The molecule has 140 valence electrons. The molecule has 0 saturated carbocycles. The second kappa shape index (κ2) is 7.29. The van der Waals surface area contributed by atoms with Gasteiger partial charge in [0.05, 0.1) is 11.8 Å². The number of aryl methyl sites for hydroxylation is 1. The number of carbonyl (C=O) groups excluding carboxylic acids is 1. The highest BCUT2D eigenvalue weighted by molar-refractivity contribution is 14.1. The first-order valence-electron chi connectivity index (χ1n) is 7.66. The second-order valence-corrected chi connectivity index (χ2v) is 6.93. The summed E-state index contributed by atoms with van der Waals surface area (Å²) >= 11 is 2.09. The van der Waals surface area contributed by atoms with Crippen molar-refractivity contribution >= 4 is 34.2 Å². The fourth-order valence-electron chi connectivity index (χ4n) is 2.55. The fraction of sp³-hybridized carbons (Fsp3) is 0.111. The van der Waals surface area contributed by atoms with Gasteiger partial charge in [-0.3, -0.25) is 4.79 Å². The molecule has 1 amide bonds. The number of carbonyl (C=O) groups is 1. The van der Waals surface area contributed by atoms with E-state index in [2.05, 4.69) is 33.0 Å². The Labute approximate surface area is 165 Å². The maximum absolute atomic E-state index is 14.0. The first-order chi connectivity index (χ1) is 12.7. The summed E-state index contributed by atoms with van der Waals surface area (Å²) in [7, 11) is 0. The summed E-state index contributed by atoms with van der Waals surface area (Å²) in [5.41, 5.74) is -1.34. The Morgan fingerprint density at radius 2 is 1.89 bits per heavy atom. The van der Waals surface area contributed by atoms with Crippen molar-refractivity contribution < 1.29 is 22.4 Å². The molecule has 0 radical (unpaired) electrons. The van der Waals surface area contributed by atoms with Crippen LogP contribution in [0, 0.1) is 16.3 Å². The zero-order valence-electron chi connectivity index (χ0n) is 13.8. The lowest BCUT2D eigenvalue weighted by atomic mass is 10.1. The molecule has 0 fully saturated rings. The number of nitrogens with one attached hydrogen (secondary N) is 1. The molecule has 0 spiro atoms. The van der Waals surface area contributed by atoms with E-state index in [0.717, 1.165) is 21.9 Å². The third kappa shape index (κ3) is 3.97. The molecule has 1 N–H and O–H groups in total. The summed E-state index contributed by atoms with van der Waals surface area (Å²) < 4.78 is 56.2. The molecular weight excluding hydrogens is 477 g/mol. The quantitative estimate of drug-likeness (QED) is 0.407. The molecule has 0 aliphatic rings. The molecule has 9 heteroatoms. The summed E-state index contributed by atoms with van der Waals surface area (Å²) in [6, 6.07) is 10.0. The molecule has 2 aromatic carbocycles. The minimum Gasteiger partial charge on any atom is -0.322 e. The van der Waals surface area contributed by atoms with Gasteiger partial charge in [0, 0.05) is 9.26 Å². The van der Waals surface area contributed by atoms with Gasteiger partial charge in [0.25, 0.3) is 5.91 Å². The molecular formula is C18H12F4IN3O. The van der Waals surface area contributed by atoms with E-state index in [1.807, 2.05) is 0 Å². The molecule has 0 atom stereocenters. The van der Waals surface area contributed by atoms with Crippen molar-refractivity contribution in [1.29, 1.82) is 0 Å². The predicted octanol–water partition coefficient (Wildman–Crippen LogP) is 5.20. The molecule has 0 aliphatic heterocycles. The summed E-state index contributed by atoms with van der Waals surface area (Å²) in [5, 5.41) is 6.06. The van der Waals surface area contributed by atoms with Crippen LogP contribution in [0.25, 0.3) is 5.69 Å². The molecule has 3 aromatic rings.